The summed E-state index contributed by atoms with van der Waals surface area (Å²) in [4.78, 5) is 16.2. The minimum absolute atomic E-state index is 0.0197. The summed E-state index contributed by atoms with van der Waals surface area (Å²) in [6, 6.07) is 0. The van der Waals surface area contributed by atoms with Crippen molar-refractivity contribution >= 4 is 5.97 Å². The van der Waals surface area contributed by atoms with Crippen LogP contribution in [0.15, 0.2) is 0 Å². The van der Waals surface area contributed by atoms with E-state index in [-0.39, 0.29) is 11.9 Å². The topological polar surface area (TPSA) is 32.8 Å². The zero-order valence-electron chi connectivity index (χ0n) is 12.3. The van der Waals surface area contributed by atoms with Gasteiger partial charge in [-0.2, -0.15) is 0 Å². The first-order chi connectivity index (χ1) is 8.56. The molecule has 0 aromatic carbocycles. The Hall–Kier alpha value is -0.610. The highest BCUT2D eigenvalue weighted by Gasteiger charge is 2.22. The van der Waals surface area contributed by atoms with Gasteiger partial charge in [0.05, 0.1) is 13.0 Å². The number of carbonyl (C=O) groups excluding carboxylic acids is 1. The summed E-state index contributed by atoms with van der Waals surface area (Å²) in [6.07, 6.45) is 3.40. The zero-order valence-corrected chi connectivity index (χ0v) is 12.3. The Balaban J connectivity index is 2.31. The molecule has 4 nitrogen and oxygen atoms in total. The number of esters is 1. The molecule has 0 bridgehead atoms. The van der Waals surface area contributed by atoms with E-state index in [1.165, 1.54) is 33.0 Å². The lowest BCUT2D eigenvalue weighted by atomic mass is 9.96. The van der Waals surface area contributed by atoms with Crippen LogP contribution in [0.2, 0.25) is 0 Å². The summed E-state index contributed by atoms with van der Waals surface area (Å²) < 4.78 is 4.84. The Morgan fingerprint density at radius 1 is 1.44 bits per heavy atom. The van der Waals surface area contributed by atoms with E-state index in [2.05, 4.69) is 23.9 Å². The zero-order chi connectivity index (χ0) is 13.5. The molecule has 1 aliphatic heterocycles. The maximum Gasteiger partial charge on any atom is 0.309 e. The summed E-state index contributed by atoms with van der Waals surface area (Å²) in [7, 11) is 5.77. The molecule has 0 spiro atoms. The lowest BCUT2D eigenvalue weighted by molar-refractivity contribution is -0.146. The van der Waals surface area contributed by atoms with Crippen LogP contribution < -0.4 is 0 Å². The van der Waals surface area contributed by atoms with E-state index < -0.39 is 0 Å². The summed E-state index contributed by atoms with van der Waals surface area (Å²) in [6.45, 7) is 6.36. The smallest absolute Gasteiger partial charge is 0.309 e. The maximum atomic E-state index is 11.6. The van der Waals surface area contributed by atoms with Crippen LogP contribution in [0.5, 0.6) is 0 Å². The SMILES string of the molecule is CCC(CN(C)CC1CCN(C)CC1)C(=O)OC. The minimum Gasteiger partial charge on any atom is -0.469 e. The Morgan fingerprint density at radius 2 is 2.06 bits per heavy atom. The lowest BCUT2D eigenvalue weighted by Gasteiger charge is -2.32. The van der Waals surface area contributed by atoms with Crippen LogP contribution in [0.25, 0.3) is 0 Å². The van der Waals surface area contributed by atoms with Gasteiger partial charge in [-0.05, 0) is 52.4 Å². The molecule has 0 saturated carbocycles. The molecule has 0 N–H and O–H groups in total. The standard InChI is InChI=1S/C14H28N2O2/c1-5-13(14(17)18-4)11-16(3)10-12-6-8-15(2)9-7-12/h12-13H,5-11H2,1-4H3. The van der Waals surface area contributed by atoms with E-state index in [0.717, 1.165) is 25.4 Å². The number of carbonyl (C=O) groups is 1. The Labute approximate surface area is 111 Å². The maximum absolute atomic E-state index is 11.6. The fourth-order valence-electron chi connectivity index (χ4n) is 2.67. The van der Waals surface area contributed by atoms with E-state index in [0.29, 0.717) is 0 Å². The van der Waals surface area contributed by atoms with Crippen LogP contribution in [0.3, 0.4) is 0 Å². The normalized spacial score (nSPS) is 20.1. The van der Waals surface area contributed by atoms with Crippen LogP contribution >= 0.6 is 0 Å². The van der Waals surface area contributed by atoms with Gasteiger partial charge in [-0.1, -0.05) is 6.92 Å². The van der Waals surface area contributed by atoms with Crippen molar-refractivity contribution in [1.82, 2.24) is 9.80 Å². The number of ether oxygens (including phenoxy) is 1. The molecule has 1 atom stereocenters. The van der Waals surface area contributed by atoms with Crippen molar-refractivity contribution in [1.29, 1.82) is 0 Å². The Kier molecular flexibility index (Phi) is 6.65. The molecule has 0 radical (unpaired) electrons. The van der Waals surface area contributed by atoms with Gasteiger partial charge < -0.3 is 14.5 Å². The van der Waals surface area contributed by atoms with Crippen LogP contribution in [-0.2, 0) is 9.53 Å². The van der Waals surface area contributed by atoms with E-state index >= 15 is 0 Å². The van der Waals surface area contributed by atoms with Gasteiger partial charge in [-0.15, -0.1) is 0 Å². The van der Waals surface area contributed by atoms with Gasteiger partial charge in [-0.3, -0.25) is 4.79 Å². The summed E-state index contributed by atoms with van der Waals surface area (Å²) >= 11 is 0. The highest BCUT2D eigenvalue weighted by molar-refractivity contribution is 5.72. The summed E-state index contributed by atoms with van der Waals surface area (Å²) in [5, 5.41) is 0. The molecule has 0 aliphatic carbocycles. The number of methoxy groups -OCH3 is 1. The number of piperidine rings is 1. The molecule has 1 saturated heterocycles. The van der Waals surface area contributed by atoms with E-state index in [1.807, 2.05) is 6.92 Å². The highest BCUT2D eigenvalue weighted by Crippen LogP contribution is 2.17. The second-order valence-electron chi connectivity index (χ2n) is 5.60. The van der Waals surface area contributed by atoms with Gasteiger partial charge >= 0.3 is 5.97 Å². The molecule has 106 valence electrons. The van der Waals surface area contributed by atoms with Gasteiger partial charge in [0.25, 0.3) is 0 Å². The van der Waals surface area contributed by atoms with Crippen LogP contribution in [0.4, 0.5) is 0 Å². The number of rotatable bonds is 6. The van der Waals surface area contributed by atoms with Gasteiger partial charge in [-0.25, -0.2) is 0 Å². The van der Waals surface area contributed by atoms with Gasteiger partial charge in [0, 0.05) is 13.1 Å². The third-order valence-corrected chi connectivity index (χ3v) is 3.97. The van der Waals surface area contributed by atoms with Crippen molar-refractivity contribution in [2.24, 2.45) is 11.8 Å². The van der Waals surface area contributed by atoms with Crippen molar-refractivity contribution in [2.45, 2.75) is 26.2 Å². The fraction of sp³-hybridized carbons (Fsp3) is 0.929. The molecular formula is C14H28N2O2. The Bertz CT molecular complexity index is 250. The first-order valence-corrected chi connectivity index (χ1v) is 7.01. The third kappa shape index (κ3) is 4.94. The predicted octanol–water partition coefficient (Wildman–Crippen LogP) is 1.46. The van der Waals surface area contributed by atoms with E-state index in [9.17, 15) is 4.79 Å². The number of hydrogen-bond donors (Lipinski definition) is 0. The van der Waals surface area contributed by atoms with Crippen LogP contribution in [-0.4, -0.2) is 63.2 Å². The van der Waals surface area contributed by atoms with Crippen LogP contribution in [0, 0.1) is 11.8 Å². The largest absolute Gasteiger partial charge is 0.469 e. The number of likely N-dealkylation sites (tertiary alicyclic amines) is 1. The van der Waals surface area contributed by atoms with Gasteiger partial charge in [0.1, 0.15) is 0 Å². The predicted molar refractivity (Wildman–Crippen MR) is 73.5 cm³/mol. The highest BCUT2D eigenvalue weighted by atomic mass is 16.5. The van der Waals surface area contributed by atoms with Crippen LogP contribution in [0.1, 0.15) is 26.2 Å². The molecule has 1 fully saturated rings. The van der Waals surface area contributed by atoms with Crippen molar-refractivity contribution in [2.75, 3.05) is 47.4 Å². The molecule has 0 aromatic heterocycles. The molecule has 18 heavy (non-hydrogen) atoms. The molecule has 1 aliphatic rings. The fourth-order valence-corrected chi connectivity index (χ4v) is 2.67. The van der Waals surface area contributed by atoms with Crippen molar-refractivity contribution in [3.63, 3.8) is 0 Å². The average molecular weight is 256 g/mol. The average Bonchev–Trinajstić information content (AvgIpc) is 2.37. The molecule has 1 unspecified atom stereocenters. The molecule has 1 rings (SSSR count). The molecule has 0 amide bonds. The second kappa shape index (κ2) is 7.74. The second-order valence-corrected chi connectivity index (χ2v) is 5.60. The Morgan fingerprint density at radius 3 is 2.56 bits per heavy atom. The quantitative estimate of drug-likeness (QED) is 0.674. The first kappa shape index (κ1) is 15.4. The number of hydrogen-bond acceptors (Lipinski definition) is 4. The molecule has 0 aromatic rings. The monoisotopic (exact) mass is 256 g/mol. The van der Waals surface area contributed by atoms with Crippen molar-refractivity contribution < 1.29 is 9.53 Å². The van der Waals surface area contributed by atoms with Gasteiger partial charge in [0.15, 0.2) is 0 Å². The van der Waals surface area contributed by atoms with E-state index in [1.54, 1.807) is 0 Å². The molecular weight excluding hydrogens is 228 g/mol. The van der Waals surface area contributed by atoms with Crippen molar-refractivity contribution in [3.8, 4) is 0 Å². The third-order valence-electron chi connectivity index (χ3n) is 3.97. The molecule has 4 heteroatoms. The van der Waals surface area contributed by atoms with Crippen molar-refractivity contribution in [3.05, 3.63) is 0 Å². The van der Waals surface area contributed by atoms with Gasteiger partial charge in [0.2, 0.25) is 0 Å². The first-order valence-electron chi connectivity index (χ1n) is 7.01. The summed E-state index contributed by atoms with van der Waals surface area (Å²) in [5.41, 5.74) is 0. The number of nitrogens with zero attached hydrogens (tertiary/aromatic N) is 2. The van der Waals surface area contributed by atoms with E-state index in [4.69, 9.17) is 4.74 Å². The minimum atomic E-state index is -0.0762. The summed E-state index contributed by atoms with van der Waals surface area (Å²) in [5.74, 6) is 0.723. The lowest BCUT2D eigenvalue weighted by Crippen LogP contribution is -2.38. The molecule has 1 heterocycles.